The average molecular weight is 438 g/mol. The van der Waals surface area contributed by atoms with Crippen molar-refractivity contribution >= 4 is 29.3 Å². The minimum atomic E-state index is -0.344. The quantitative estimate of drug-likeness (QED) is 0.553. The molecule has 0 saturated carbocycles. The summed E-state index contributed by atoms with van der Waals surface area (Å²) in [4.78, 5) is 15.1. The number of methoxy groups -OCH3 is 1. The number of para-hydroxylation sites is 1. The number of nitrogens with one attached hydrogen (secondary N) is 1. The number of ether oxygens (including phenoxy) is 1. The normalized spacial score (nSPS) is 14.8. The molecule has 162 valence electrons. The second-order valence-corrected chi connectivity index (χ2v) is 8.79. The van der Waals surface area contributed by atoms with Crippen molar-refractivity contribution < 1.29 is 9.53 Å². The van der Waals surface area contributed by atoms with Gasteiger partial charge in [0.05, 0.1) is 18.0 Å². The highest BCUT2D eigenvalue weighted by Gasteiger charge is 2.24. The van der Waals surface area contributed by atoms with E-state index in [1.807, 2.05) is 61.5 Å². The molecule has 7 nitrogen and oxygen atoms in total. The maximum absolute atomic E-state index is 12.8. The molecule has 0 bridgehead atoms. The van der Waals surface area contributed by atoms with Crippen LogP contribution in [-0.2, 0) is 4.79 Å². The van der Waals surface area contributed by atoms with Gasteiger partial charge >= 0.3 is 0 Å². The third kappa shape index (κ3) is 5.02. The fourth-order valence-electron chi connectivity index (χ4n) is 3.57. The van der Waals surface area contributed by atoms with Crippen molar-refractivity contribution in [2.24, 2.45) is 0 Å². The zero-order valence-electron chi connectivity index (χ0n) is 17.8. The zero-order valence-corrected chi connectivity index (χ0v) is 18.6. The second-order valence-electron chi connectivity index (χ2n) is 7.48. The van der Waals surface area contributed by atoms with Crippen LogP contribution in [0.15, 0.2) is 59.8 Å². The highest BCUT2D eigenvalue weighted by molar-refractivity contribution is 8.00. The fraction of sp³-hybridized carbons (Fsp3) is 0.348. The Balaban J connectivity index is 1.54. The molecule has 8 heteroatoms. The lowest BCUT2D eigenvalue weighted by molar-refractivity contribution is -0.115. The van der Waals surface area contributed by atoms with E-state index >= 15 is 0 Å². The Morgan fingerprint density at radius 1 is 1.03 bits per heavy atom. The SMILES string of the molecule is COc1ccc(NC(=O)C(C)Sc2nnc(N3CCCCC3)n2-c2ccccc2)cc1. The minimum Gasteiger partial charge on any atom is -0.497 e. The predicted octanol–water partition coefficient (Wildman–Crippen LogP) is 4.39. The summed E-state index contributed by atoms with van der Waals surface area (Å²) in [6.07, 6.45) is 3.57. The van der Waals surface area contributed by atoms with Gasteiger partial charge in [-0.05, 0) is 62.6 Å². The molecule has 3 aromatic rings. The molecule has 1 atom stereocenters. The minimum absolute atomic E-state index is 0.0858. The molecular formula is C23H27N5O2S. The monoisotopic (exact) mass is 437 g/mol. The van der Waals surface area contributed by atoms with Gasteiger partial charge in [0.2, 0.25) is 11.9 Å². The standard InChI is InChI=1S/C23H27N5O2S/c1-17(21(29)24-18-11-13-20(30-2)14-12-18)31-23-26-25-22(27-15-7-4-8-16-27)28(23)19-9-5-3-6-10-19/h3,5-6,9-14,17H,4,7-8,15-16H2,1-2H3,(H,24,29). The largest absolute Gasteiger partial charge is 0.497 e. The molecule has 1 fully saturated rings. The molecule has 4 rings (SSSR count). The van der Waals surface area contributed by atoms with Crippen LogP contribution in [0.1, 0.15) is 26.2 Å². The highest BCUT2D eigenvalue weighted by atomic mass is 32.2. The lowest BCUT2D eigenvalue weighted by Gasteiger charge is -2.28. The molecule has 1 aliphatic heterocycles. The number of carbonyl (C=O) groups is 1. The van der Waals surface area contributed by atoms with Crippen LogP contribution in [0.2, 0.25) is 0 Å². The molecule has 0 aliphatic carbocycles. The van der Waals surface area contributed by atoms with Crippen LogP contribution in [0.3, 0.4) is 0 Å². The lowest BCUT2D eigenvalue weighted by atomic mass is 10.1. The number of hydrogen-bond acceptors (Lipinski definition) is 6. The molecule has 1 aliphatic rings. The van der Waals surface area contributed by atoms with Gasteiger partial charge in [-0.3, -0.25) is 9.36 Å². The molecule has 1 unspecified atom stereocenters. The van der Waals surface area contributed by atoms with Crippen molar-refractivity contribution in [1.29, 1.82) is 0 Å². The van der Waals surface area contributed by atoms with Crippen LogP contribution in [0, 0.1) is 0 Å². The van der Waals surface area contributed by atoms with E-state index in [0.717, 1.165) is 49.0 Å². The van der Waals surface area contributed by atoms with Gasteiger partial charge in [0, 0.05) is 18.8 Å². The predicted molar refractivity (Wildman–Crippen MR) is 124 cm³/mol. The van der Waals surface area contributed by atoms with Gasteiger partial charge < -0.3 is 15.0 Å². The first kappa shape index (κ1) is 21.2. The number of piperidine rings is 1. The van der Waals surface area contributed by atoms with Gasteiger partial charge in [-0.25, -0.2) is 0 Å². The van der Waals surface area contributed by atoms with Crippen molar-refractivity contribution in [3.05, 3.63) is 54.6 Å². The van der Waals surface area contributed by atoms with E-state index in [2.05, 4.69) is 25.0 Å². The van der Waals surface area contributed by atoms with Gasteiger partial charge in [-0.1, -0.05) is 30.0 Å². The number of thioether (sulfide) groups is 1. The van der Waals surface area contributed by atoms with E-state index in [9.17, 15) is 4.79 Å². The molecule has 0 radical (unpaired) electrons. The first-order chi connectivity index (χ1) is 15.2. The molecular weight excluding hydrogens is 410 g/mol. The molecule has 2 heterocycles. The first-order valence-electron chi connectivity index (χ1n) is 10.5. The van der Waals surface area contributed by atoms with Crippen molar-refractivity contribution in [2.75, 3.05) is 30.4 Å². The Morgan fingerprint density at radius 3 is 2.42 bits per heavy atom. The van der Waals surface area contributed by atoms with E-state index in [4.69, 9.17) is 4.74 Å². The van der Waals surface area contributed by atoms with Crippen molar-refractivity contribution in [3.63, 3.8) is 0 Å². The van der Waals surface area contributed by atoms with Crippen LogP contribution in [0.4, 0.5) is 11.6 Å². The van der Waals surface area contributed by atoms with Crippen LogP contribution in [0.5, 0.6) is 5.75 Å². The number of amides is 1. The summed E-state index contributed by atoms with van der Waals surface area (Å²) in [5, 5.41) is 12.3. The number of rotatable bonds is 7. The van der Waals surface area contributed by atoms with Crippen molar-refractivity contribution in [2.45, 2.75) is 36.6 Å². The second kappa shape index (κ2) is 9.87. The highest BCUT2D eigenvalue weighted by Crippen LogP contribution is 2.31. The molecule has 1 amide bonds. The maximum Gasteiger partial charge on any atom is 0.237 e. The van der Waals surface area contributed by atoms with Gasteiger partial charge in [-0.2, -0.15) is 0 Å². The van der Waals surface area contributed by atoms with Gasteiger partial charge in [0.25, 0.3) is 0 Å². The summed E-state index contributed by atoms with van der Waals surface area (Å²) < 4.78 is 7.23. The van der Waals surface area contributed by atoms with Gasteiger partial charge in [0.15, 0.2) is 5.16 Å². The lowest BCUT2D eigenvalue weighted by Crippen LogP contribution is -2.31. The Hall–Kier alpha value is -3.00. The molecule has 2 aromatic carbocycles. The zero-order chi connectivity index (χ0) is 21.6. The summed E-state index contributed by atoms with van der Waals surface area (Å²) in [7, 11) is 1.62. The number of benzene rings is 2. The summed E-state index contributed by atoms with van der Waals surface area (Å²) in [5.74, 6) is 1.51. The number of anilines is 2. The van der Waals surface area contributed by atoms with E-state index < -0.39 is 0 Å². The van der Waals surface area contributed by atoms with Crippen molar-refractivity contribution in [1.82, 2.24) is 14.8 Å². The summed E-state index contributed by atoms with van der Waals surface area (Å²) in [6, 6.07) is 17.4. The molecule has 31 heavy (non-hydrogen) atoms. The molecule has 1 saturated heterocycles. The molecule has 1 aromatic heterocycles. The summed E-state index contributed by atoms with van der Waals surface area (Å²) in [5.41, 5.74) is 1.73. The Labute approximate surface area is 186 Å². The molecule has 1 N–H and O–H groups in total. The van der Waals surface area contributed by atoms with E-state index in [1.54, 1.807) is 7.11 Å². The van der Waals surface area contributed by atoms with Crippen LogP contribution >= 0.6 is 11.8 Å². The van der Waals surface area contributed by atoms with Crippen LogP contribution in [-0.4, -0.2) is 46.1 Å². The topological polar surface area (TPSA) is 72.3 Å². The molecule has 0 spiro atoms. The maximum atomic E-state index is 12.8. The Morgan fingerprint density at radius 2 is 1.74 bits per heavy atom. The summed E-state index contributed by atoms with van der Waals surface area (Å²) in [6.45, 7) is 3.83. The van der Waals surface area contributed by atoms with Crippen LogP contribution < -0.4 is 15.0 Å². The average Bonchev–Trinajstić information content (AvgIpc) is 3.24. The fourth-order valence-corrected chi connectivity index (χ4v) is 4.43. The summed E-state index contributed by atoms with van der Waals surface area (Å²) >= 11 is 1.41. The number of carbonyl (C=O) groups excluding carboxylic acids is 1. The number of hydrogen-bond donors (Lipinski definition) is 1. The Bertz CT molecular complexity index is 1000. The van der Waals surface area contributed by atoms with Gasteiger partial charge in [0.1, 0.15) is 5.75 Å². The number of nitrogens with zero attached hydrogens (tertiary/aromatic N) is 4. The van der Waals surface area contributed by atoms with Crippen molar-refractivity contribution in [3.8, 4) is 11.4 Å². The smallest absolute Gasteiger partial charge is 0.237 e. The Kier molecular flexibility index (Phi) is 6.76. The third-order valence-corrected chi connectivity index (χ3v) is 6.32. The van der Waals surface area contributed by atoms with E-state index in [0.29, 0.717) is 5.16 Å². The van der Waals surface area contributed by atoms with Gasteiger partial charge in [-0.15, -0.1) is 10.2 Å². The first-order valence-corrected chi connectivity index (χ1v) is 11.4. The third-order valence-electron chi connectivity index (χ3n) is 5.28. The van der Waals surface area contributed by atoms with Crippen LogP contribution in [0.25, 0.3) is 5.69 Å². The van der Waals surface area contributed by atoms with E-state index in [1.165, 1.54) is 18.2 Å². The number of aromatic nitrogens is 3. The van der Waals surface area contributed by atoms with E-state index in [-0.39, 0.29) is 11.2 Å².